The van der Waals surface area contributed by atoms with Crippen molar-refractivity contribution in [1.82, 2.24) is 0 Å². The molecule has 2 aromatic rings. The molecule has 0 aliphatic carbocycles. The second-order valence-corrected chi connectivity index (χ2v) is 6.37. The first-order valence-corrected chi connectivity index (χ1v) is 8.42. The van der Waals surface area contributed by atoms with E-state index < -0.39 is 11.8 Å². The Balaban J connectivity index is 1.44. The van der Waals surface area contributed by atoms with Crippen molar-refractivity contribution in [2.45, 2.75) is 6.42 Å². The predicted octanol–water partition coefficient (Wildman–Crippen LogP) is 1.51. The summed E-state index contributed by atoms with van der Waals surface area (Å²) in [5.41, 5.74) is 6.77. The van der Waals surface area contributed by atoms with Crippen LogP contribution in [0, 0.1) is 5.92 Å². The Labute approximate surface area is 154 Å². The van der Waals surface area contributed by atoms with Crippen LogP contribution in [-0.4, -0.2) is 31.1 Å². The first-order valence-electron chi connectivity index (χ1n) is 8.42. The summed E-state index contributed by atoms with van der Waals surface area (Å²) < 4.78 is 10.6. The Kier molecular flexibility index (Phi) is 4.15. The van der Waals surface area contributed by atoms with E-state index in [0.717, 1.165) is 0 Å². The topological polar surface area (TPSA) is 111 Å². The third-order valence-corrected chi connectivity index (χ3v) is 4.60. The standard InChI is InChI=1S/C19H17N3O5/c20-18(24)11-1-3-13(4-2-11)21-19(25)12-7-17(23)22(9-12)14-5-6-15-16(8-14)27-10-26-15/h1-6,8,12H,7,9-10H2,(H2,20,24)(H,21,25). The number of carbonyl (C=O) groups excluding carboxylic acids is 3. The Morgan fingerprint density at radius 3 is 2.56 bits per heavy atom. The number of carbonyl (C=O) groups is 3. The number of nitrogens with two attached hydrogens (primary N) is 1. The maximum atomic E-state index is 12.5. The molecule has 2 aliphatic heterocycles. The van der Waals surface area contributed by atoms with E-state index >= 15 is 0 Å². The monoisotopic (exact) mass is 367 g/mol. The van der Waals surface area contributed by atoms with Crippen LogP contribution in [0.2, 0.25) is 0 Å². The van der Waals surface area contributed by atoms with Gasteiger partial charge in [-0.05, 0) is 36.4 Å². The molecule has 1 unspecified atom stereocenters. The van der Waals surface area contributed by atoms with Gasteiger partial charge in [0, 0.05) is 36.0 Å². The largest absolute Gasteiger partial charge is 0.454 e. The van der Waals surface area contributed by atoms with Gasteiger partial charge >= 0.3 is 0 Å². The van der Waals surface area contributed by atoms with Crippen molar-refractivity contribution in [2.24, 2.45) is 11.7 Å². The molecule has 4 rings (SSSR count). The molecular formula is C19H17N3O5. The Bertz CT molecular complexity index is 925. The zero-order chi connectivity index (χ0) is 19.0. The summed E-state index contributed by atoms with van der Waals surface area (Å²) >= 11 is 0. The summed E-state index contributed by atoms with van der Waals surface area (Å²) in [6.45, 7) is 0.440. The number of fused-ring (bicyclic) bond motifs is 1. The van der Waals surface area contributed by atoms with E-state index in [1.807, 2.05) is 0 Å². The van der Waals surface area contributed by atoms with Crippen LogP contribution in [-0.2, 0) is 9.59 Å². The molecule has 27 heavy (non-hydrogen) atoms. The van der Waals surface area contributed by atoms with E-state index in [4.69, 9.17) is 15.2 Å². The number of ether oxygens (including phenoxy) is 2. The minimum absolute atomic E-state index is 0.125. The number of anilines is 2. The highest BCUT2D eigenvalue weighted by atomic mass is 16.7. The number of hydrogen-bond acceptors (Lipinski definition) is 5. The van der Waals surface area contributed by atoms with Crippen LogP contribution >= 0.6 is 0 Å². The molecule has 3 amide bonds. The quantitative estimate of drug-likeness (QED) is 0.851. The average molecular weight is 367 g/mol. The van der Waals surface area contributed by atoms with Gasteiger partial charge in [0.25, 0.3) is 0 Å². The molecule has 0 bridgehead atoms. The van der Waals surface area contributed by atoms with Gasteiger partial charge in [-0.3, -0.25) is 14.4 Å². The van der Waals surface area contributed by atoms with Gasteiger partial charge in [-0.2, -0.15) is 0 Å². The molecule has 2 heterocycles. The fourth-order valence-electron chi connectivity index (χ4n) is 3.15. The lowest BCUT2D eigenvalue weighted by Crippen LogP contribution is -2.28. The second-order valence-electron chi connectivity index (χ2n) is 6.37. The van der Waals surface area contributed by atoms with Crippen LogP contribution in [0.5, 0.6) is 11.5 Å². The number of nitrogens with zero attached hydrogens (tertiary/aromatic N) is 1. The van der Waals surface area contributed by atoms with Crippen molar-refractivity contribution < 1.29 is 23.9 Å². The number of nitrogens with one attached hydrogen (secondary N) is 1. The molecule has 1 atom stereocenters. The molecule has 1 saturated heterocycles. The highest BCUT2D eigenvalue weighted by molar-refractivity contribution is 6.03. The van der Waals surface area contributed by atoms with E-state index in [0.29, 0.717) is 28.4 Å². The third kappa shape index (κ3) is 3.29. The highest BCUT2D eigenvalue weighted by Gasteiger charge is 2.35. The van der Waals surface area contributed by atoms with Crippen molar-refractivity contribution in [1.29, 1.82) is 0 Å². The molecule has 3 N–H and O–H groups in total. The van der Waals surface area contributed by atoms with Crippen LogP contribution in [0.4, 0.5) is 11.4 Å². The van der Waals surface area contributed by atoms with Gasteiger partial charge in [0.05, 0.1) is 5.92 Å². The minimum Gasteiger partial charge on any atom is -0.454 e. The molecule has 138 valence electrons. The second kappa shape index (κ2) is 6.64. The normalized spacial score (nSPS) is 17.9. The van der Waals surface area contributed by atoms with Crippen LogP contribution < -0.4 is 25.4 Å². The number of benzene rings is 2. The van der Waals surface area contributed by atoms with E-state index in [2.05, 4.69) is 5.32 Å². The fourth-order valence-corrected chi connectivity index (χ4v) is 3.15. The molecule has 0 aromatic heterocycles. The smallest absolute Gasteiger partial charge is 0.248 e. The zero-order valence-corrected chi connectivity index (χ0v) is 14.3. The molecule has 1 fully saturated rings. The minimum atomic E-state index is -0.534. The summed E-state index contributed by atoms with van der Waals surface area (Å²) in [6, 6.07) is 11.5. The number of amides is 3. The maximum absolute atomic E-state index is 12.5. The van der Waals surface area contributed by atoms with Crippen molar-refractivity contribution in [2.75, 3.05) is 23.6 Å². The van der Waals surface area contributed by atoms with E-state index in [1.165, 1.54) is 12.1 Å². The van der Waals surface area contributed by atoms with Crippen molar-refractivity contribution in [3.05, 3.63) is 48.0 Å². The lowest BCUT2D eigenvalue weighted by Gasteiger charge is -2.17. The molecule has 8 heteroatoms. The van der Waals surface area contributed by atoms with Crippen LogP contribution in [0.25, 0.3) is 0 Å². The van der Waals surface area contributed by atoms with Gasteiger partial charge in [0.2, 0.25) is 24.5 Å². The van der Waals surface area contributed by atoms with E-state index in [-0.39, 0.29) is 31.6 Å². The van der Waals surface area contributed by atoms with Gasteiger partial charge in [-0.25, -0.2) is 0 Å². The number of hydrogen-bond donors (Lipinski definition) is 2. The lowest BCUT2D eigenvalue weighted by atomic mass is 10.1. The van der Waals surface area contributed by atoms with E-state index in [9.17, 15) is 14.4 Å². The van der Waals surface area contributed by atoms with Crippen molar-refractivity contribution in [3.63, 3.8) is 0 Å². The van der Waals surface area contributed by atoms with Crippen molar-refractivity contribution >= 4 is 29.1 Å². The fraction of sp³-hybridized carbons (Fsp3) is 0.211. The van der Waals surface area contributed by atoms with Crippen LogP contribution in [0.15, 0.2) is 42.5 Å². The third-order valence-electron chi connectivity index (χ3n) is 4.60. The summed E-state index contributed by atoms with van der Waals surface area (Å²) in [6.07, 6.45) is 0.125. The first kappa shape index (κ1) is 16.9. The molecule has 2 aromatic carbocycles. The summed E-state index contributed by atoms with van der Waals surface area (Å²) in [5, 5.41) is 2.77. The van der Waals surface area contributed by atoms with Gasteiger partial charge < -0.3 is 25.4 Å². The Morgan fingerprint density at radius 1 is 1.07 bits per heavy atom. The van der Waals surface area contributed by atoms with Crippen LogP contribution in [0.1, 0.15) is 16.8 Å². The summed E-state index contributed by atoms with van der Waals surface area (Å²) in [5.74, 6) is -0.161. The summed E-state index contributed by atoms with van der Waals surface area (Å²) in [7, 11) is 0. The maximum Gasteiger partial charge on any atom is 0.248 e. The molecule has 2 aliphatic rings. The molecular weight excluding hydrogens is 350 g/mol. The van der Waals surface area contributed by atoms with Gasteiger partial charge in [0.15, 0.2) is 11.5 Å². The number of primary amides is 1. The van der Waals surface area contributed by atoms with Gasteiger partial charge in [-0.1, -0.05) is 0 Å². The zero-order valence-electron chi connectivity index (χ0n) is 14.3. The van der Waals surface area contributed by atoms with Gasteiger partial charge in [-0.15, -0.1) is 0 Å². The average Bonchev–Trinajstić information content (AvgIpc) is 3.27. The molecule has 0 saturated carbocycles. The molecule has 8 nitrogen and oxygen atoms in total. The lowest BCUT2D eigenvalue weighted by molar-refractivity contribution is -0.122. The SMILES string of the molecule is NC(=O)c1ccc(NC(=O)C2CC(=O)N(c3ccc4c(c3)OCO4)C2)cc1. The van der Waals surface area contributed by atoms with E-state index in [1.54, 1.807) is 35.2 Å². The predicted molar refractivity (Wildman–Crippen MR) is 96.6 cm³/mol. The Morgan fingerprint density at radius 2 is 1.81 bits per heavy atom. The molecule has 0 radical (unpaired) electrons. The summed E-state index contributed by atoms with van der Waals surface area (Å²) in [4.78, 5) is 37.6. The molecule has 0 spiro atoms. The van der Waals surface area contributed by atoms with Crippen LogP contribution in [0.3, 0.4) is 0 Å². The van der Waals surface area contributed by atoms with Gasteiger partial charge in [0.1, 0.15) is 0 Å². The highest BCUT2D eigenvalue weighted by Crippen LogP contribution is 2.37. The van der Waals surface area contributed by atoms with Crippen molar-refractivity contribution in [3.8, 4) is 11.5 Å². The number of rotatable bonds is 4. The Hall–Kier alpha value is -3.55. The first-order chi connectivity index (χ1) is 13.0.